The molecule has 1 N–H and O–H groups in total. The Morgan fingerprint density at radius 1 is 1.27 bits per heavy atom. The van der Waals surface area contributed by atoms with E-state index in [-0.39, 0.29) is 11.4 Å². The van der Waals surface area contributed by atoms with Crippen LogP contribution in [0.4, 0.5) is 8.78 Å². The van der Waals surface area contributed by atoms with E-state index < -0.39 is 23.1 Å². The van der Waals surface area contributed by atoms with Crippen LogP contribution in [-0.2, 0) is 10.3 Å². The molecule has 4 nitrogen and oxygen atoms in total. The highest BCUT2D eigenvalue weighted by molar-refractivity contribution is 5.82. The van der Waals surface area contributed by atoms with Gasteiger partial charge in [-0.15, -0.1) is 0 Å². The minimum Gasteiger partial charge on any atom is -0.480 e. The number of fused-ring (bicyclic) bond motifs is 1. The zero-order valence-corrected chi connectivity index (χ0v) is 13.2. The first-order valence-electron chi connectivity index (χ1n) is 7.35. The number of halogens is 2. The number of hydrogen-bond acceptors (Lipinski definition) is 2. The van der Waals surface area contributed by atoms with Crippen LogP contribution < -0.4 is 0 Å². The Bertz CT molecular complexity index is 718. The summed E-state index contributed by atoms with van der Waals surface area (Å²) in [5, 5.41) is 9.53. The molecule has 0 aliphatic rings. The number of aromatic nitrogens is 2. The molecular formula is C16H20F2N2O2. The van der Waals surface area contributed by atoms with E-state index in [0.717, 1.165) is 25.0 Å². The number of hydrogen-bond donors (Lipinski definition) is 1. The molecular weight excluding hydrogens is 290 g/mol. The molecule has 0 spiro atoms. The number of carboxylic acid groups (broad SMARTS) is 1. The van der Waals surface area contributed by atoms with E-state index in [1.165, 1.54) is 18.4 Å². The van der Waals surface area contributed by atoms with Crippen molar-refractivity contribution >= 4 is 17.0 Å². The summed E-state index contributed by atoms with van der Waals surface area (Å²) >= 11 is 0. The minimum absolute atomic E-state index is 0.0251. The summed E-state index contributed by atoms with van der Waals surface area (Å²) in [5.74, 6) is -2.47. The maximum atomic E-state index is 13.6. The van der Waals surface area contributed by atoms with Crippen LogP contribution >= 0.6 is 0 Å². The molecule has 0 fully saturated rings. The van der Waals surface area contributed by atoms with Gasteiger partial charge in [0, 0.05) is 18.1 Å². The zero-order chi connectivity index (χ0) is 16.7. The summed E-state index contributed by atoms with van der Waals surface area (Å²) < 4.78 is 28.6. The Morgan fingerprint density at radius 2 is 1.82 bits per heavy atom. The molecule has 120 valence electrons. The minimum atomic E-state index is -1.31. The smallest absolute Gasteiger partial charge is 0.329 e. The first-order valence-corrected chi connectivity index (χ1v) is 7.35. The predicted octanol–water partition coefficient (Wildman–Crippen LogP) is 4.04. The van der Waals surface area contributed by atoms with Crippen molar-refractivity contribution in [2.24, 2.45) is 0 Å². The van der Waals surface area contributed by atoms with E-state index in [0.29, 0.717) is 11.3 Å². The van der Waals surface area contributed by atoms with Gasteiger partial charge in [-0.25, -0.2) is 18.6 Å². The third-order valence-corrected chi connectivity index (χ3v) is 4.16. The van der Waals surface area contributed by atoms with E-state index >= 15 is 0 Å². The number of benzene rings is 1. The average Bonchev–Trinajstić information content (AvgIpc) is 2.79. The fraction of sp³-hybridized carbons (Fsp3) is 0.500. The molecule has 0 saturated heterocycles. The van der Waals surface area contributed by atoms with Crippen molar-refractivity contribution in [3.05, 3.63) is 29.6 Å². The summed E-state index contributed by atoms with van der Waals surface area (Å²) in [4.78, 5) is 16.0. The Balaban J connectivity index is 2.86. The normalized spacial score (nSPS) is 12.3. The highest BCUT2D eigenvalue weighted by Crippen LogP contribution is 2.33. The van der Waals surface area contributed by atoms with Crippen molar-refractivity contribution in [1.29, 1.82) is 0 Å². The van der Waals surface area contributed by atoms with Gasteiger partial charge in [0.15, 0.2) is 11.6 Å². The number of aliphatic carboxylic acids is 1. The molecule has 1 heterocycles. The van der Waals surface area contributed by atoms with Crippen molar-refractivity contribution in [1.82, 2.24) is 9.55 Å². The van der Waals surface area contributed by atoms with E-state index in [2.05, 4.69) is 4.98 Å². The summed E-state index contributed by atoms with van der Waals surface area (Å²) in [6.07, 6.45) is 1.53. The highest BCUT2D eigenvalue weighted by atomic mass is 19.2. The molecule has 0 amide bonds. The molecule has 1 aromatic carbocycles. The van der Waals surface area contributed by atoms with Gasteiger partial charge in [-0.05, 0) is 26.7 Å². The van der Waals surface area contributed by atoms with Gasteiger partial charge in [-0.1, -0.05) is 13.8 Å². The lowest BCUT2D eigenvalue weighted by Gasteiger charge is -2.27. The second-order valence-corrected chi connectivity index (χ2v) is 5.94. The fourth-order valence-electron chi connectivity index (χ4n) is 2.70. The molecule has 0 aliphatic heterocycles. The average molecular weight is 310 g/mol. The topological polar surface area (TPSA) is 55.1 Å². The van der Waals surface area contributed by atoms with Crippen LogP contribution in [-0.4, -0.2) is 20.6 Å². The standard InChI is InChI=1S/C16H20F2N2O2/c1-5-9(6-2)14-19-12-7-10(17)11(18)8-13(12)20(14)16(3,4)15(21)22/h7-9H,5-6H2,1-4H3,(H,21,22). The molecule has 0 aliphatic carbocycles. The number of imidazole rings is 1. The summed E-state index contributed by atoms with van der Waals surface area (Å²) in [6.45, 7) is 7.02. The molecule has 2 aromatic rings. The first kappa shape index (κ1) is 16.4. The Hall–Kier alpha value is -1.98. The SMILES string of the molecule is CCC(CC)c1nc2cc(F)c(F)cc2n1C(C)(C)C(=O)O. The third kappa shape index (κ3) is 2.46. The van der Waals surface area contributed by atoms with Crippen LogP contribution in [0.5, 0.6) is 0 Å². The zero-order valence-electron chi connectivity index (χ0n) is 13.2. The molecule has 0 bridgehead atoms. The molecule has 6 heteroatoms. The van der Waals surface area contributed by atoms with Crippen LogP contribution in [0.2, 0.25) is 0 Å². The van der Waals surface area contributed by atoms with Crippen LogP contribution in [0, 0.1) is 11.6 Å². The van der Waals surface area contributed by atoms with Crippen LogP contribution in [0.25, 0.3) is 11.0 Å². The predicted molar refractivity (Wildman–Crippen MR) is 79.9 cm³/mol. The molecule has 1 aromatic heterocycles. The van der Waals surface area contributed by atoms with Crippen molar-refractivity contribution in [2.45, 2.75) is 52.0 Å². The lowest BCUT2D eigenvalue weighted by Crippen LogP contribution is -2.37. The van der Waals surface area contributed by atoms with Crippen molar-refractivity contribution in [3.63, 3.8) is 0 Å². The maximum absolute atomic E-state index is 13.6. The molecule has 0 saturated carbocycles. The van der Waals surface area contributed by atoms with E-state index in [1.807, 2.05) is 13.8 Å². The van der Waals surface area contributed by atoms with Gasteiger partial charge in [-0.3, -0.25) is 0 Å². The second kappa shape index (κ2) is 5.66. The van der Waals surface area contributed by atoms with Crippen LogP contribution in [0.1, 0.15) is 52.3 Å². The quantitative estimate of drug-likeness (QED) is 0.907. The summed E-state index contributed by atoms with van der Waals surface area (Å²) in [5.41, 5.74) is -0.736. The number of carboxylic acids is 1. The lowest BCUT2D eigenvalue weighted by molar-refractivity contribution is -0.145. The van der Waals surface area contributed by atoms with Gasteiger partial charge in [-0.2, -0.15) is 0 Å². The van der Waals surface area contributed by atoms with Gasteiger partial charge in [0.2, 0.25) is 0 Å². The van der Waals surface area contributed by atoms with Crippen molar-refractivity contribution < 1.29 is 18.7 Å². The molecule has 0 radical (unpaired) electrons. The van der Waals surface area contributed by atoms with Crippen molar-refractivity contribution in [2.75, 3.05) is 0 Å². The number of carbonyl (C=O) groups is 1. The molecule has 2 rings (SSSR count). The van der Waals surface area contributed by atoms with Crippen LogP contribution in [0.15, 0.2) is 12.1 Å². The monoisotopic (exact) mass is 310 g/mol. The van der Waals surface area contributed by atoms with E-state index in [4.69, 9.17) is 0 Å². The molecule has 0 unspecified atom stereocenters. The van der Waals surface area contributed by atoms with E-state index in [1.54, 1.807) is 0 Å². The first-order chi connectivity index (χ1) is 10.2. The lowest BCUT2D eigenvalue weighted by atomic mass is 9.99. The Labute approximate surface area is 127 Å². The van der Waals surface area contributed by atoms with Gasteiger partial charge in [0.05, 0.1) is 11.0 Å². The molecule has 0 atom stereocenters. The van der Waals surface area contributed by atoms with Gasteiger partial charge >= 0.3 is 5.97 Å². The summed E-state index contributed by atoms with van der Waals surface area (Å²) in [7, 11) is 0. The number of rotatable bonds is 5. The fourth-order valence-corrected chi connectivity index (χ4v) is 2.70. The van der Waals surface area contributed by atoms with Gasteiger partial charge < -0.3 is 9.67 Å². The summed E-state index contributed by atoms with van der Waals surface area (Å²) in [6, 6.07) is 2.04. The Morgan fingerprint density at radius 3 is 2.32 bits per heavy atom. The third-order valence-electron chi connectivity index (χ3n) is 4.16. The highest BCUT2D eigenvalue weighted by Gasteiger charge is 2.35. The van der Waals surface area contributed by atoms with Crippen LogP contribution in [0.3, 0.4) is 0 Å². The largest absolute Gasteiger partial charge is 0.480 e. The Kier molecular flexibility index (Phi) is 4.22. The van der Waals surface area contributed by atoms with E-state index in [9.17, 15) is 18.7 Å². The van der Waals surface area contributed by atoms with Gasteiger partial charge in [0.1, 0.15) is 11.4 Å². The number of nitrogens with zero attached hydrogens (tertiary/aromatic N) is 2. The molecule has 22 heavy (non-hydrogen) atoms. The van der Waals surface area contributed by atoms with Crippen molar-refractivity contribution in [3.8, 4) is 0 Å². The van der Waals surface area contributed by atoms with Gasteiger partial charge in [0.25, 0.3) is 0 Å². The second-order valence-electron chi connectivity index (χ2n) is 5.94. The maximum Gasteiger partial charge on any atom is 0.329 e.